The molecule has 24 heavy (non-hydrogen) atoms. The van der Waals surface area contributed by atoms with Gasteiger partial charge in [0.15, 0.2) is 0 Å². The number of H-pyrrole nitrogens is 1. The van der Waals surface area contributed by atoms with Gasteiger partial charge in [-0.15, -0.1) is 0 Å². The highest BCUT2D eigenvalue weighted by Gasteiger charge is 2.04. The van der Waals surface area contributed by atoms with Gasteiger partial charge < -0.3 is 10.6 Å². The maximum absolute atomic E-state index is 4.38. The minimum absolute atomic E-state index is 0.463. The van der Waals surface area contributed by atoms with Gasteiger partial charge in [-0.3, -0.25) is 5.10 Å². The summed E-state index contributed by atoms with van der Waals surface area (Å²) in [5, 5.41) is 14.3. The molecule has 0 bridgehead atoms. The minimum Gasteiger partial charge on any atom is -0.324 e. The van der Waals surface area contributed by atoms with Gasteiger partial charge in [0.2, 0.25) is 11.9 Å². The van der Waals surface area contributed by atoms with Gasteiger partial charge in [0.25, 0.3) is 0 Å². The summed E-state index contributed by atoms with van der Waals surface area (Å²) in [5.41, 5.74) is 2.75. The van der Waals surface area contributed by atoms with Crippen molar-refractivity contribution in [3.8, 4) is 0 Å². The molecule has 0 spiro atoms. The van der Waals surface area contributed by atoms with E-state index in [0.717, 1.165) is 26.8 Å². The summed E-state index contributed by atoms with van der Waals surface area (Å²) >= 11 is 3.44. The number of nitrogens with zero attached hydrogens (tertiary/aromatic N) is 4. The molecule has 0 atom stereocenters. The van der Waals surface area contributed by atoms with Crippen molar-refractivity contribution in [2.75, 3.05) is 10.6 Å². The number of benzene rings is 2. The lowest BCUT2D eigenvalue weighted by molar-refractivity contribution is 1.06. The van der Waals surface area contributed by atoms with Gasteiger partial charge in [0, 0.05) is 21.2 Å². The number of fused-ring (bicyclic) bond motifs is 1. The van der Waals surface area contributed by atoms with Crippen molar-refractivity contribution in [2.24, 2.45) is 0 Å². The molecule has 4 rings (SSSR count). The van der Waals surface area contributed by atoms with Crippen molar-refractivity contribution < 1.29 is 0 Å². The first kappa shape index (κ1) is 14.6. The summed E-state index contributed by atoms with van der Waals surface area (Å²) in [4.78, 5) is 12.7. The Morgan fingerprint density at radius 2 is 1.71 bits per heavy atom. The Morgan fingerprint density at radius 1 is 0.917 bits per heavy atom. The highest BCUT2D eigenvalue weighted by Crippen LogP contribution is 2.21. The summed E-state index contributed by atoms with van der Waals surface area (Å²) in [6.07, 6.45) is 3.24. The molecular weight excluding hydrogens is 370 g/mol. The van der Waals surface area contributed by atoms with Crippen LogP contribution < -0.4 is 10.6 Å². The van der Waals surface area contributed by atoms with Crippen LogP contribution in [0.4, 0.5) is 23.3 Å². The van der Waals surface area contributed by atoms with Crippen LogP contribution in [0, 0.1) is 0 Å². The number of rotatable bonds is 4. The Hall–Kier alpha value is -3.00. The van der Waals surface area contributed by atoms with Crippen molar-refractivity contribution >= 4 is 50.1 Å². The average molecular weight is 382 g/mol. The molecule has 0 aliphatic carbocycles. The van der Waals surface area contributed by atoms with Crippen LogP contribution in [0.2, 0.25) is 0 Å². The fraction of sp³-hybridized carbons (Fsp3) is 0. The predicted molar refractivity (Wildman–Crippen MR) is 96.6 cm³/mol. The van der Waals surface area contributed by atoms with Crippen molar-refractivity contribution in [1.82, 2.24) is 25.1 Å². The highest BCUT2D eigenvalue weighted by atomic mass is 79.9. The maximum atomic E-state index is 4.38. The second-order valence-electron chi connectivity index (χ2n) is 5.07. The maximum Gasteiger partial charge on any atom is 0.232 e. The van der Waals surface area contributed by atoms with Crippen LogP contribution in [0.25, 0.3) is 10.9 Å². The van der Waals surface area contributed by atoms with Gasteiger partial charge in [-0.2, -0.15) is 10.1 Å². The molecule has 0 amide bonds. The second-order valence-corrected chi connectivity index (χ2v) is 5.98. The number of hydrogen-bond donors (Lipinski definition) is 3. The Bertz CT molecular complexity index is 998. The van der Waals surface area contributed by atoms with Crippen LogP contribution in [0.1, 0.15) is 0 Å². The third-order valence-electron chi connectivity index (χ3n) is 3.35. The van der Waals surface area contributed by atoms with E-state index in [-0.39, 0.29) is 0 Å². The third-order valence-corrected chi connectivity index (χ3v) is 3.84. The molecule has 0 aliphatic rings. The first-order valence-corrected chi connectivity index (χ1v) is 7.97. The Morgan fingerprint density at radius 3 is 2.50 bits per heavy atom. The number of nitrogens with one attached hydrogen (secondary N) is 3. The number of hydrogen-bond acceptors (Lipinski definition) is 6. The average Bonchev–Trinajstić information content (AvgIpc) is 3.03. The quantitative estimate of drug-likeness (QED) is 0.494. The lowest BCUT2D eigenvalue weighted by Gasteiger charge is -2.08. The largest absolute Gasteiger partial charge is 0.324 e. The molecule has 4 aromatic rings. The highest BCUT2D eigenvalue weighted by molar-refractivity contribution is 9.10. The molecular formula is C16H12BrN7. The SMILES string of the molecule is Brc1cccc(Nc2ncnc(Nc3ccc4[nH]ncc4c3)n2)c1. The molecule has 0 unspecified atom stereocenters. The molecule has 2 aromatic heterocycles. The number of aromatic nitrogens is 5. The van der Waals surface area contributed by atoms with Gasteiger partial charge in [-0.05, 0) is 36.4 Å². The van der Waals surface area contributed by atoms with Gasteiger partial charge in [0.1, 0.15) is 6.33 Å². The predicted octanol–water partition coefficient (Wildman–Crippen LogP) is 4.00. The number of halogens is 1. The lowest BCUT2D eigenvalue weighted by atomic mass is 10.2. The molecule has 2 aromatic carbocycles. The number of aromatic amines is 1. The van der Waals surface area contributed by atoms with E-state index in [2.05, 4.69) is 51.7 Å². The Kier molecular flexibility index (Phi) is 3.80. The van der Waals surface area contributed by atoms with E-state index in [0.29, 0.717) is 11.9 Å². The van der Waals surface area contributed by atoms with Crippen LogP contribution in [0.5, 0.6) is 0 Å². The van der Waals surface area contributed by atoms with Crippen LogP contribution in [-0.2, 0) is 0 Å². The molecule has 2 heterocycles. The topological polar surface area (TPSA) is 91.4 Å². The van der Waals surface area contributed by atoms with Crippen molar-refractivity contribution in [2.45, 2.75) is 0 Å². The zero-order valence-corrected chi connectivity index (χ0v) is 13.9. The van der Waals surface area contributed by atoms with Gasteiger partial charge in [-0.25, -0.2) is 9.97 Å². The van der Waals surface area contributed by atoms with E-state index >= 15 is 0 Å². The molecule has 118 valence electrons. The zero-order chi connectivity index (χ0) is 16.4. The fourth-order valence-electron chi connectivity index (χ4n) is 2.26. The van der Waals surface area contributed by atoms with Crippen molar-refractivity contribution in [1.29, 1.82) is 0 Å². The van der Waals surface area contributed by atoms with Gasteiger partial charge >= 0.3 is 0 Å². The van der Waals surface area contributed by atoms with E-state index in [1.807, 2.05) is 42.5 Å². The van der Waals surface area contributed by atoms with Gasteiger partial charge in [-0.1, -0.05) is 22.0 Å². The summed E-state index contributed by atoms with van der Waals surface area (Å²) in [5.74, 6) is 0.931. The molecule has 8 heteroatoms. The summed E-state index contributed by atoms with van der Waals surface area (Å²) in [6, 6.07) is 13.6. The van der Waals surface area contributed by atoms with Crippen molar-refractivity contribution in [3.05, 3.63) is 59.5 Å². The summed E-state index contributed by atoms with van der Waals surface area (Å²) in [6.45, 7) is 0. The van der Waals surface area contributed by atoms with Gasteiger partial charge in [0.05, 0.1) is 11.7 Å². The zero-order valence-electron chi connectivity index (χ0n) is 12.4. The fourth-order valence-corrected chi connectivity index (χ4v) is 2.66. The molecule has 3 N–H and O–H groups in total. The Balaban J connectivity index is 1.55. The van der Waals surface area contributed by atoms with E-state index in [4.69, 9.17) is 0 Å². The molecule has 7 nitrogen and oxygen atoms in total. The van der Waals surface area contributed by atoms with Crippen molar-refractivity contribution in [3.63, 3.8) is 0 Å². The lowest BCUT2D eigenvalue weighted by Crippen LogP contribution is -2.02. The van der Waals surface area contributed by atoms with E-state index in [1.54, 1.807) is 6.20 Å². The van der Waals surface area contributed by atoms with E-state index in [9.17, 15) is 0 Å². The first-order chi connectivity index (χ1) is 11.8. The summed E-state index contributed by atoms with van der Waals surface area (Å²) in [7, 11) is 0. The van der Waals surface area contributed by atoms with E-state index in [1.165, 1.54) is 6.33 Å². The third kappa shape index (κ3) is 3.18. The Labute approximate surface area is 145 Å². The molecule has 0 radical (unpaired) electrons. The number of anilines is 4. The molecule has 0 aliphatic heterocycles. The molecule has 0 saturated heterocycles. The normalized spacial score (nSPS) is 10.7. The smallest absolute Gasteiger partial charge is 0.232 e. The molecule has 0 fully saturated rings. The van der Waals surface area contributed by atoms with Crippen LogP contribution in [0.3, 0.4) is 0 Å². The van der Waals surface area contributed by atoms with Crippen LogP contribution in [0.15, 0.2) is 59.5 Å². The molecule has 0 saturated carbocycles. The minimum atomic E-state index is 0.463. The van der Waals surface area contributed by atoms with Crippen LogP contribution in [-0.4, -0.2) is 25.1 Å². The first-order valence-electron chi connectivity index (χ1n) is 7.18. The van der Waals surface area contributed by atoms with Crippen LogP contribution >= 0.6 is 15.9 Å². The second kappa shape index (κ2) is 6.25. The monoisotopic (exact) mass is 381 g/mol. The standard InChI is InChI=1S/C16H12BrN7/c17-11-2-1-3-12(7-11)21-15-18-9-19-16(23-15)22-13-4-5-14-10(6-13)8-20-24-14/h1-9H,(H,20,24)(H2,18,19,21,22,23). The summed E-state index contributed by atoms with van der Waals surface area (Å²) < 4.78 is 0.980. The van der Waals surface area contributed by atoms with E-state index < -0.39 is 0 Å².